The quantitative estimate of drug-likeness (QED) is 0.745. The topological polar surface area (TPSA) is 91.1 Å². The standard InChI is InChI=1S/C12H13N3O2/c1-2-15-6-7(12(14)17)11(16)10-8(13)4-3-5-9(10)15/h3-6H,2,13H2,1H3,(H2,14,17). The number of fused-ring (bicyclic) bond motifs is 1. The number of aromatic nitrogens is 1. The lowest BCUT2D eigenvalue weighted by Crippen LogP contribution is -2.24. The van der Waals surface area contributed by atoms with Gasteiger partial charge in [-0.25, -0.2) is 0 Å². The van der Waals surface area contributed by atoms with E-state index in [-0.39, 0.29) is 5.56 Å². The van der Waals surface area contributed by atoms with Crippen LogP contribution in [0.5, 0.6) is 0 Å². The number of benzene rings is 1. The van der Waals surface area contributed by atoms with Gasteiger partial charge in [-0.2, -0.15) is 0 Å². The van der Waals surface area contributed by atoms with E-state index in [4.69, 9.17) is 11.5 Å². The van der Waals surface area contributed by atoms with Gasteiger partial charge in [0, 0.05) is 18.4 Å². The molecular weight excluding hydrogens is 218 g/mol. The molecule has 0 spiro atoms. The van der Waals surface area contributed by atoms with Crippen LogP contribution in [0.2, 0.25) is 0 Å². The average molecular weight is 231 g/mol. The summed E-state index contributed by atoms with van der Waals surface area (Å²) in [4.78, 5) is 23.3. The summed E-state index contributed by atoms with van der Waals surface area (Å²) in [5, 5.41) is 0.352. The van der Waals surface area contributed by atoms with E-state index in [2.05, 4.69) is 0 Å². The van der Waals surface area contributed by atoms with Gasteiger partial charge in [0.1, 0.15) is 5.56 Å². The maximum Gasteiger partial charge on any atom is 0.254 e. The predicted octanol–water partition coefficient (Wildman–Crippen LogP) is 0.703. The second-order valence-electron chi connectivity index (χ2n) is 3.76. The Balaban J connectivity index is 3.02. The Morgan fingerprint density at radius 1 is 1.41 bits per heavy atom. The van der Waals surface area contributed by atoms with E-state index in [1.165, 1.54) is 6.20 Å². The summed E-state index contributed by atoms with van der Waals surface area (Å²) in [7, 11) is 0. The number of nitrogens with zero attached hydrogens (tertiary/aromatic N) is 1. The van der Waals surface area contributed by atoms with Crippen LogP contribution in [0.4, 0.5) is 5.69 Å². The number of nitrogen functional groups attached to an aromatic ring is 1. The minimum atomic E-state index is -0.734. The van der Waals surface area contributed by atoms with Crippen molar-refractivity contribution in [2.24, 2.45) is 5.73 Å². The van der Waals surface area contributed by atoms with E-state index in [1.807, 2.05) is 6.92 Å². The third-order valence-electron chi connectivity index (χ3n) is 2.75. The highest BCUT2D eigenvalue weighted by Gasteiger charge is 2.13. The molecule has 5 heteroatoms. The molecule has 0 atom stereocenters. The van der Waals surface area contributed by atoms with Gasteiger partial charge >= 0.3 is 0 Å². The van der Waals surface area contributed by atoms with Crippen LogP contribution in [0.15, 0.2) is 29.2 Å². The zero-order valence-corrected chi connectivity index (χ0v) is 9.43. The van der Waals surface area contributed by atoms with Gasteiger partial charge in [-0.05, 0) is 19.1 Å². The number of hydrogen-bond donors (Lipinski definition) is 2. The predicted molar refractivity (Wildman–Crippen MR) is 66.8 cm³/mol. The fraction of sp³-hybridized carbons (Fsp3) is 0.167. The normalized spacial score (nSPS) is 10.6. The Labute approximate surface area is 97.6 Å². The smallest absolute Gasteiger partial charge is 0.254 e. The summed E-state index contributed by atoms with van der Waals surface area (Å²) in [5.41, 5.74) is 11.6. The highest BCUT2D eigenvalue weighted by molar-refractivity contribution is 5.99. The van der Waals surface area contributed by atoms with Gasteiger partial charge in [0.05, 0.1) is 10.9 Å². The van der Waals surface area contributed by atoms with Crippen molar-refractivity contribution >= 4 is 22.5 Å². The minimum absolute atomic E-state index is 0.0303. The molecule has 0 fully saturated rings. The van der Waals surface area contributed by atoms with Crippen LogP contribution in [0.1, 0.15) is 17.3 Å². The summed E-state index contributed by atoms with van der Waals surface area (Å²) in [5.74, 6) is -0.734. The molecule has 5 nitrogen and oxygen atoms in total. The van der Waals surface area contributed by atoms with E-state index >= 15 is 0 Å². The van der Waals surface area contributed by atoms with Gasteiger partial charge in [-0.15, -0.1) is 0 Å². The first-order valence-corrected chi connectivity index (χ1v) is 5.27. The minimum Gasteiger partial charge on any atom is -0.398 e. The molecule has 0 unspecified atom stereocenters. The molecule has 2 rings (SSSR count). The van der Waals surface area contributed by atoms with Crippen LogP contribution >= 0.6 is 0 Å². The molecule has 0 aliphatic heterocycles. The molecule has 4 N–H and O–H groups in total. The summed E-state index contributed by atoms with van der Waals surface area (Å²) in [6.45, 7) is 2.54. The lowest BCUT2D eigenvalue weighted by atomic mass is 10.1. The van der Waals surface area contributed by atoms with E-state index < -0.39 is 11.3 Å². The number of hydrogen-bond acceptors (Lipinski definition) is 3. The fourth-order valence-electron chi connectivity index (χ4n) is 1.90. The van der Waals surface area contributed by atoms with Crippen LogP contribution in [0.3, 0.4) is 0 Å². The molecule has 1 aromatic carbocycles. The number of aryl methyl sites for hydroxylation is 1. The third-order valence-corrected chi connectivity index (χ3v) is 2.75. The van der Waals surface area contributed by atoms with Crippen molar-refractivity contribution in [1.82, 2.24) is 4.57 Å². The van der Waals surface area contributed by atoms with Gasteiger partial charge in [-0.3, -0.25) is 9.59 Å². The first-order chi connectivity index (χ1) is 8.06. The Morgan fingerprint density at radius 2 is 2.12 bits per heavy atom. The molecule has 0 saturated heterocycles. The number of carbonyl (C=O) groups excluding carboxylic acids is 1. The zero-order valence-electron chi connectivity index (χ0n) is 9.43. The van der Waals surface area contributed by atoms with Gasteiger partial charge in [0.25, 0.3) is 5.91 Å². The monoisotopic (exact) mass is 231 g/mol. The molecule has 17 heavy (non-hydrogen) atoms. The van der Waals surface area contributed by atoms with E-state index in [0.29, 0.717) is 23.1 Å². The van der Waals surface area contributed by atoms with Crippen molar-refractivity contribution in [1.29, 1.82) is 0 Å². The van der Waals surface area contributed by atoms with Crippen molar-refractivity contribution in [2.45, 2.75) is 13.5 Å². The maximum absolute atomic E-state index is 12.1. The summed E-state index contributed by atoms with van der Waals surface area (Å²) in [6.07, 6.45) is 1.48. The summed E-state index contributed by atoms with van der Waals surface area (Å²) >= 11 is 0. The lowest BCUT2D eigenvalue weighted by molar-refractivity contribution is 0.0999. The second-order valence-corrected chi connectivity index (χ2v) is 3.76. The van der Waals surface area contributed by atoms with Crippen LogP contribution in [0, 0.1) is 0 Å². The van der Waals surface area contributed by atoms with Gasteiger partial charge in [0.2, 0.25) is 5.43 Å². The van der Waals surface area contributed by atoms with Crippen molar-refractivity contribution in [2.75, 3.05) is 5.73 Å². The van der Waals surface area contributed by atoms with E-state index in [0.717, 1.165) is 0 Å². The third kappa shape index (κ3) is 1.65. The number of carbonyl (C=O) groups is 1. The summed E-state index contributed by atoms with van der Waals surface area (Å²) in [6, 6.07) is 5.20. The largest absolute Gasteiger partial charge is 0.398 e. The maximum atomic E-state index is 12.1. The second kappa shape index (κ2) is 3.93. The van der Waals surface area contributed by atoms with Gasteiger partial charge in [0.15, 0.2) is 0 Å². The van der Waals surface area contributed by atoms with Gasteiger partial charge in [-0.1, -0.05) is 6.07 Å². The van der Waals surface area contributed by atoms with Gasteiger partial charge < -0.3 is 16.0 Å². The number of amides is 1. The number of pyridine rings is 1. The number of rotatable bonds is 2. The molecule has 1 amide bonds. The Hall–Kier alpha value is -2.30. The van der Waals surface area contributed by atoms with Crippen LogP contribution in [-0.4, -0.2) is 10.5 Å². The number of nitrogens with two attached hydrogens (primary N) is 2. The molecular formula is C12H13N3O2. The van der Waals surface area contributed by atoms with E-state index in [1.54, 1.807) is 22.8 Å². The molecule has 0 saturated carbocycles. The number of anilines is 1. The van der Waals surface area contributed by atoms with Crippen LogP contribution in [-0.2, 0) is 6.54 Å². The Morgan fingerprint density at radius 3 is 2.71 bits per heavy atom. The fourth-order valence-corrected chi connectivity index (χ4v) is 1.90. The van der Waals surface area contributed by atoms with Crippen molar-refractivity contribution in [3.05, 3.63) is 40.2 Å². The molecule has 0 radical (unpaired) electrons. The van der Waals surface area contributed by atoms with Crippen LogP contribution < -0.4 is 16.9 Å². The molecule has 88 valence electrons. The van der Waals surface area contributed by atoms with Crippen molar-refractivity contribution in [3.63, 3.8) is 0 Å². The SMILES string of the molecule is CCn1cc(C(N)=O)c(=O)c2c(N)cccc21. The van der Waals surface area contributed by atoms with Crippen LogP contribution in [0.25, 0.3) is 10.9 Å². The first kappa shape index (κ1) is 11.2. The first-order valence-electron chi connectivity index (χ1n) is 5.27. The van der Waals surface area contributed by atoms with Crippen molar-refractivity contribution in [3.8, 4) is 0 Å². The lowest BCUT2D eigenvalue weighted by Gasteiger charge is -2.11. The molecule has 0 bridgehead atoms. The Kier molecular flexibility index (Phi) is 2.59. The molecule has 0 aliphatic carbocycles. The molecule has 0 aliphatic rings. The molecule has 2 aromatic rings. The summed E-state index contributed by atoms with van der Waals surface area (Å²) < 4.78 is 1.78. The molecule has 1 aromatic heterocycles. The highest BCUT2D eigenvalue weighted by Crippen LogP contribution is 2.18. The highest BCUT2D eigenvalue weighted by atomic mass is 16.2. The van der Waals surface area contributed by atoms with E-state index in [9.17, 15) is 9.59 Å². The van der Waals surface area contributed by atoms with Crippen molar-refractivity contribution < 1.29 is 4.79 Å². The Bertz CT molecular complexity index is 659. The zero-order chi connectivity index (χ0) is 12.6. The number of primary amides is 1. The molecule has 1 heterocycles. The average Bonchev–Trinajstić information content (AvgIpc) is 2.29.